The number of ketones is 1. The molecule has 5 heteroatoms. The number of carbonyl (C=O) groups is 1. The molecule has 1 N–H and O–H groups in total. The first-order valence-corrected chi connectivity index (χ1v) is 5.28. The lowest BCUT2D eigenvalue weighted by Gasteiger charge is -2.04. The number of nitrogens with one attached hydrogen (secondary N) is 1. The van der Waals surface area contributed by atoms with Crippen molar-refractivity contribution in [3.8, 4) is 11.5 Å². The van der Waals surface area contributed by atoms with Crippen LogP contribution in [0.15, 0.2) is 16.6 Å². The summed E-state index contributed by atoms with van der Waals surface area (Å²) >= 11 is 3.34. The molecule has 0 aliphatic carbocycles. The van der Waals surface area contributed by atoms with Crippen LogP contribution in [0.3, 0.4) is 0 Å². The van der Waals surface area contributed by atoms with E-state index < -0.39 is 0 Å². The highest BCUT2D eigenvalue weighted by atomic mass is 79.9. The molecule has 0 saturated heterocycles. The van der Waals surface area contributed by atoms with Crippen molar-refractivity contribution in [3.63, 3.8) is 0 Å². The Labute approximate surface area is 95.7 Å². The monoisotopic (exact) mass is 271 g/mol. The van der Waals surface area contributed by atoms with Crippen LogP contribution in [0, 0.1) is 0 Å². The van der Waals surface area contributed by atoms with E-state index in [2.05, 4.69) is 21.2 Å². The zero-order valence-electron chi connectivity index (χ0n) is 8.17. The molecule has 1 heterocycles. The van der Waals surface area contributed by atoms with Gasteiger partial charge in [0.25, 0.3) is 0 Å². The van der Waals surface area contributed by atoms with Crippen molar-refractivity contribution in [1.82, 2.24) is 5.32 Å². The Morgan fingerprint density at radius 2 is 2.33 bits per heavy atom. The fourth-order valence-electron chi connectivity index (χ4n) is 1.39. The van der Waals surface area contributed by atoms with Crippen molar-refractivity contribution < 1.29 is 14.3 Å². The van der Waals surface area contributed by atoms with Gasteiger partial charge in [-0.15, -0.1) is 0 Å². The van der Waals surface area contributed by atoms with Crippen LogP contribution in [-0.4, -0.2) is 26.2 Å². The van der Waals surface area contributed by atoms with Crippen LogP contribution >= 0.6 is 15.9 Å². The summed E-state index contributed by atoms with van der Waals surface area (Å²) in [6, 6.07) is 3.44. The van der Waals surface area contributed by atoms with Crippen LogP contribution in [0.4, 0.5) is 0 Å². The van der Waals surface area contributed by atoms with Crippen molar-refractivity contribution in [2.24, 2.45) is 0 Å². The molecule has 80 valence electrons. The Morgan fingerprint density at radius 3 is 3.07 bits per heavy atom. The fourth-order valence-corrected chi connectivity index (χ4v) is 1.95. The van der Waals surface area contributed by atoms with E-state index in [1.165, 1.54) is 0 Å². The number of hydrogen-bond donors (Lipinski definition) is 1. The summed E-state index contributed by atoms with van der Waals surface area (Å²) in [4.78, 5) is 11.6. The fraction of sp³-hybridized carbons (Fsp3) is 0.300. The molecule has 1 aromatic rings. The molecule has 0 amide bonds. The topological polar surface area (TPSA) is 47.6 Å². The largest absolute Gasteiger partial charge is 0.454 e. The molecule has 4 nitrogen and oxygen atoms in total. The van der Waals surface area contributed by atoms with Gasteiger partial charge in [-0.3, -0.25) is 4.79 Å². The minimum absolute atomic E-state index is 0.0245. The third-order valence-corrected chi connectivity index (χ3v) is 2.68. The number of fused-ring (bicyclic) bond motifs is 1. The highest BCUT2D eigenvalue weighted by molar-refractivity contribution is 9.10. The molecule has 0 aromatic heterocycles. The molecule has 2 rings (SSSR count). The molecule has 0 saturated carbocycles. The maximum Gasteiger partial charge on any atom is 0.231 e. The number of rotatable bonds is 3. The quantitative estimate of drug-likeness (QED) is 0.849. The van der Waals surface area contributed by atoms with E-state index in [1.54, 1.807) is 19.2 Å². The lowest BCUT2D eigenvalue weighted by atomic mass is 10.1. The van der Waals surface area contributed by atoms with Crippen molar-refractivity contribution in [1.29, 1.82) is 0 Å². The van der Waals surface area contributed by atoms with Crippen LogP contribution in [-0.2, 0) is 0 Å². The number of hydrogen-bond acceptors (Lipinski definition) is 4. The second-order valence-electron chi connectivity index (χ2n) is 3.15. The Hall–Kier alpha value is -1.07. The van der Waals surface area contributed by atoms with Crippen LogP contribution in [0.1, 0.15) is 10.4 Å². The van der Waals surface area contributed by atoms with E-state index in [4.69, 9.17) is 9.47 Å². The Balaban J connectivity index is 2.35. The van der Waals surface area contributed by atoms with Gasteiger partial charge in [-0.25, -0.2) is 0 Å². The first kappa shape index (κ1) is 10.4. The van der Waals surface area contributed by atoms with Gasteiger partial charge in [0, 0.05) is 5.56 Å². The molecule has 1 aliphatic rings. The number of Topliss-reactive ketones (excluding diaryl/α,β-unsaturated/α-hetero) is 1. The number of likely N-dealkylation sites (N-methyl/N-ethyl adjacent to an activating group) is 1. The van der Waals surface area contributed by atoms with E-state index in [-0.39, 0.29) is 12.6 Å². The van der Waals surface area contributed by atoms with Gasteiger partial charge in [0.15, 0.2) is 17.3 Å². The predicted octanol–water partition coefficient (Wildman–Crippen LogP) is 1.58. The second kappa shape index (κ2) is 4.20. The van der Waals surface area contributed by atoms with Crippen LogP contribution in [0.5, 0.6) is 11.5 Å². The van der Waals surface area contributed by atoms with Crippen molar-refractivity contribution in [2.45, 2.75) is 0 Å². The molecule has 1 aliphatic heterocycles. The standard InChI is InChI=1S/C10H10BrNO3/c1-12-4-8(13)6-2-7(11)10-9(3-6)14-5-15-10/h2-3,12H,4-5H2,1H3. The summed E-state index contributed by atoms with van der Waals surface area (Å²) in [5, 5.41) is 2.82. The smallest absolute Gasteiger partial charge is 0.231 e. The second-order valence-corrected chi connectivity index (χ2v) is 4.00. The van der Waals surface area contributed by atoms with Gasteiger partial charge >= 0.3 is 0 Å². The first-order valence-electron chi connectivity index (χ1n) is 4.49. The molecule has 0 radical (unpaired) electrons. The Bertz CT molecular complexity index is 406. The van der Waals surface area contributed by atoms with Crippen molar-refractivity contribution >= 4 is 21.7 Å². The minimum Gasteiger partial charge on any atom is -0.454 e. The summed E-state index contributed by atoms with van der Waals surface area (Å²) in [5.74, 6) is 1.30. The number of halogens is 1. The molecular weight excluding hydrogens is 262 g/mol. The third kappa shape index (κ3) is 1.98. The van der Waals surface area contributed by atoms with E-state index in [0.29, 0.717) is 23.6 Å². The van der Waals surface area contributed by atoms with Gasteiger partial charge in [-0.2, -0.15) is 0 Å². The minimum atomic E-state index is 0.0245. The summed E-state index contributed by atoms with van der Waals surface area (Å²) in [7, 11) is 1.74. The highest BCUT2D eigenvalue weighted by Crippen LogP contribution is 2.39. The molecule has 1 aromatic carbocycles. The van der Waals surface area contributed by atoms with Gasteiger partial charge in [0.1, 0.15) is 0 Å². The highest BCUT2D eigenvalue weighted by Gasteiger charge is 2.19. The Kier molecular flexibility index (Phi) is 2.93. The summed E-state index contributed by atoms with van der Waals surface area (Å²) < 4.78 is 11.2. The van der Waals surface area contributed by atoms with Gasteiger partial charge in [-0.05, 0) is 35.1 Å². The molecule has 0 bridgehead atoms. The average Bonchev–Trinajstić information content (AvgIpc) is 2.66. The van der Waals surface area contributed by atoms with E-state index >= 15 is 0 Å². The van der Waals surface area contributed by atoms with Crippen LogP contribution < -0.4 is 14.8 Å². The number of carbonyl (C=O) groups excluding carboxylic acids is 1. The molecule has 0 fully saturated rings. The maximum atomic E-state index is 11.6. The maximum absolute atomic E-state index is 11.6. The lowest BCUT2D eigenvalue weighted by molar-refractivity contribution is 0.0993. The van der Waals surface area contributed by atoms with Crippen LogP contribution in [0.2, 0.25) is 0 Å². The molecule has 0 atom stereocenters. The molecular formula is C10H10BrNO3. The number of benzene rings is 1. The predicted molar refractivity (Wildman–Crippen MR) is 58.5 cm³/mol. The van der Waals surface area contributed by atoms with E-state index in [1.807, 2.05) is 0 Å². The zero-order valence-corrected chi connectivity index (χ0v) is 9.76. The van der Waals surface area contributed by atoms with Gasteiger partial charge < -0.3 is 14.8 Å². The lowest BCUT2D eigenvalue weighted by Crippen LogP contribution is -2.18. The molecule has 0 spiro atoms. The summed E-state index contributed by atoms with van der Waals surface area (Å²) in [6.45, 7) is 0.518. The van der Waals surface area contributed by atoms with E-state index in [0.717, 1.165) is 4.47 Å². The summed E-state index contributed by atoms with van der Waals surface area (Å²) in [6.07, 6.45) is 0. The van der Waals surface area contributed by atoms with Crippen molar-refractivity contribution in [2.75, 3.05) is 20.4 Å². The Morgan fingerprint density at radius 1 is 1.53 bits per heavy atom. The van der Waals surface area contributed by atoms with Crippen LogP contribution in [0.25, 0.3) is 0 Å². The van der Waals surface area contributed by atoms with Gasteiger partial charge in [-0.1, -0.05) is 0 Å². The van der Waals surface area contributed by atoms with Gasteiger partial charge in [0.05, 0.1) is 11.0 Å². The molecule has 15 heavy (non-hydrogen) atoms. The molecule has 0 unspecified atom stereocenters. The van der Waals surface area contributed by atoms with Gasteiger partial charge in [0.2, 0.25) is 6.79 Å². The third-order valence-electron chi connectivity index (χ3n) is 2.09. The normalized spacial score (nSPS) is 12.9. The summed E-state index contributed by atoms with van der Waals surface area (Å²) in [5.41, 5.74) is 0.612. The SMILES string of the molecule is CNCC(=O)c1cc(Br)c2c(c1)OCO2. The van der Waals surface area contributed by atoms with Crippen molar-refractivity contribution in [3.05, 3.63) is 22.2 Å². The zero-order chi connectivity index (χ0) is 10.8. The van der Waals surface area contributed by atoms with E-state index in [9.17, 15) is 4.79 Å². The average molecular weight is 272 g/mol. The number of ether oxygens (including phenoxy) is 2. The first-order chi connectivity index (χ1) is 7.22.